The van der Waals surface area contributed by atoms with Crippen LogP contribution >= 0.6 is 0 Å². The molecule has 0 saturated heterocycles. The quantitative estimate of drug-likeness (QED) is 0.803. The van der Waals surface area contributed by atoms with Gasteiger partial charge in [-0.05, 0) is 23.3 Å². The molecule has 0 heterocycles. The fourth-order valence-corrected chi connectivity index (χ4v) is 3.11. The molecule has 0 unspecified atom stereocenters. The standard InChI is InChI=1S/C18H21N3/c1-19-14-9-10-15(20-2)18-13(14)11-16(21-3)17(18)12-7-5-4-6-8-12/h4-10,19-21H,11H2,1-3H3. The number of benzene rings is 2. The highest BCUT2D eigenvalue weighted by Crippen LogP contribution is 2.43. The molecule has 0 aliphatic heterocycles. The van der Waals surface area contributed by atoms with Gasteiger partial charge in [0, 0.05) is 55.8 Å². The van der Waals surface area contributed by atoms with Gasteiger partial charge in [-0.1, -0.05) is 30.3 Å². The van der Waals surface area contributed by atoms with Crippen LogP contribution in [0.1, 0.15) is 16.7 Å². The van der Waals surface area contributed by atoms with E-state index in [9.17, 15) is 0 Å². The van der Waals surface area contributed by atoms with Crippen LogP contribution in [0.2, 0.25) is 0 Å². The van der Waals surface area contributed by atoms with Crippen molar-refractivity contribution in [3.8, 4) is 0 Å². The zero-order valence-corrected chi connectivity index (χ0v) is 12.7. The maximum absolute atomic E-state index is 3.39. The number of nitrogens with one attached hydrogen (secondary N) is 3. The monoisotopic (exact) mass is 279 g/mol. The van der Waals surface area contributed by atoms with Gasteiger partial charge in [-0.15, -0.1) is 0 Å². The molecule has 21 heavy (non-hydrogen) atoms. The fraction of sp³-hybridized carbons (Fsp3) is 0.222. The van der Waals surface area contributed by atoms with E-state index in [4.69, 9.17) is 0 Å². The largest absolute Gasteiger partial charge is 0.391 e. The van der Waals surface area contributed by atoms with Gasteiger partial charge >= 0.3 is 0 Å². The molecule has 0 aromatic heterocycles. The molecule has 3 rings (SSSR count). The number of rotatable bonds is 4. The Kier molecular flexibility index (Phi) is 3.57. The first-order valence-electron chi connectivity index (χ1n) is 7.28. The molecule has 2 aromatic rings. The Hall–Kier alpha value is -2.42. The Balaban J connectivity index is 2.26. The molecule has 0 saturated carbocycles. The highest BCUT2D eigenvalue weighted by atomic mass is 14.9. The second-order valence-electron chi connectivity index (χ2n) is 5.16. The van der Waals surface area contributed by atoms with E-state index in [1.807, 2.05) is 21.1 Å². The van der Waals surface area contributed by atoms with Gasteiger partial charge in [0.15, 0.2) is 0 Å². The SMILES string of the molecule is CNC1=C(c2ccccc2)c2c(NC)ccc(NC)c2C1. The predicted molar refractivity (Wildman–Crippen MR) is 90.8 cm³/mol. The molecule has 3 nitrogen and oxygen atoms in total. The Bertz CT molecular complexity index is 687. The number of fused-ring (bicyclic) bond motifs is 1. The van der Waals surface area contributed by atoms with Gasteiger partial charge in [0.25, 0.3) is 0 Å². The van der Waals surface area contributed by atoms with E-state index in [0.717, 1.165) is 6.42 Å². The van der Waals surface area contributed by atoms with Crippen LogP contribution in [-0.2, 0) is 6.42 Å². The minimum atomic E-state index is 0.932. The first kappa shape index (κ1) is 13.6. The van der Waals surface area contributed by atoms with Crippen LogP contribution in [-0.4, -0.2) is 21.1 Å². The van der Waals surface area contributed by atoms with Crippen LogP contribution in [0, 0.1) is 0 Å². The number of anilines is 2. The lowest BCUT2D eigenvalue weighted by molar-refractivity contribution is 0.945. The normalized spacial score (nSPS) is 13.1. The molecule has 2 aromatic carbocycles. The van der Waals surface area contributed by atoms with E-state index in [1.165, 1.54) is 39.3 Å². The molecule has 0 amide bonds. The van der Waals surface area contributed by atoms with Crippen molar-refractivity contribution in [3.05, 3.63) is 64.9 Å². The highest BCUT2D eigenvalue weighted by molar-refractivity contribution is 5.95. The lowest BCUT2D eigenvalue weighted by atomic mass is 9.96. The first-order valence-corrected chi connectivity index (χ1v) is 7.28. The molecular formula is C18H21N3. The van der Waals surface area contributed by atoms with Crippen molar-refractivity contribution in [2.45, 2.75) is 6.42 Å². The van der Waals surface area contributed by atoms with Gasteiger partial charge in [0.05, 0.1) is 0 Å². The first-order chi connectivity index (χ1) is 10.3. The van der Waals surface area contributed by atoms with Gasteiger partial charge in [-0.2, -0.15) is 0 Å². The Morgan fingerprint density at radius 2 is 1.43 bits per heavy atom. The van der Waals surface area contributed by atoms with Crippen molar-refractivity contribution >= 4 is 16.9 Å². The minimum Gasteiger partial charge on any atom is -0.391 e. The highest BCUT2D eigenvalue weighted by Gasteiger charge is 2.26. The third-order valence-electron chi connectivity index (χ3n) is 4.12. The van der Waals surface area contributed by atoms with Crippen LogP contribution in [0.15, 0.2) is 48.2 Å². The lowest BCUT2D eigenvalue weighted by Crippen LogP contribution is -2.07. The Morgan fingerprint density at radius 3 is 2.05 bits per heavy atom. The predicted octanol–water partition coefficient (Wildman–Crippen LogP) is 3.30. The van der Waals surface area contributed by atoms with Crippen molar-refractivity contribution < 1.29 is 0 Å². The van der Waals surface area contributed by atoms with E-state index >= 15 is 0 Å². The van der Waals surface area contributed by atoms with Gasteiger partial charge in [-0.25, -0.2) is 0 Å². The average Bonchev–Trinajstić information content (AvgIpc) is 2.94. The molecule has 0 atom stereocenters. The topological polar surface area (TPSA) is 36.1 Å². The van der Waals surface area contributed by atoms with Crippen molar-refractivity contribution in [1.29, 1.82) is 0 Å². The van der Waals surface area contributed by atoms with E-state index < -0.39 is 0 Å². The third kappa shape index (κ3) is 2.15. The second-order valence-corrected chi connectivity index (χ2v) is 5.16. The molecule has 0 radical (unpaired) electrons. The summed E-state index contributed by atoms with van der Waals surface area (Å²) >= 11 is 0. The van der Waals surface area contributed by atoms with Gasteiger partial charge in [0.2, 0.25) is 0 Å². The Morgan fingerprint density at radius 1 is 0.762 bits per heavy atom. The van der Waals surface area contributed by atoms with Crippen LogP contribution < -0.4 is 16.0 Å². The Labute approximate surface area is 126 Å². The van der Waals surface area contributed by atoms with Crippen molar-refractivity contribution in [2.24, 2.45) is 0 Å². The summed E-state index contributed by atoms with van der Waals surface area (Å²) in [6.07, 6.45) is 0.932. The van der Waals surface area contributed by atoms with Crippen molar-refractivity contribution in [1.82, 2.24) is 5.32 Å². The number of hydrogen-bond donors (Lipinski definition) is 3. The molecule has 0 spiro atoms. The summed E-state index contributed by atoms with van der Waals surface area (Å²) in [5.41, 5.74) is 8.86. The summed E-state index contributed by atoms with van der Waals surface area (Å²) < 4.78 is 0. The third-order valence-corrected chi connectivity index (χ3v) is 4.12. The summed E-state index contributed by atoms with van der Waals surface area (Å²) in [6.45, 7) is 0. The molecule has 1 aliphatic carbocycles. The molecule has 0 bridgehead atoms. The summed E-state index contributed by atoms with van der Waals surface area (Å²) in [4.78, 5) is 0. The lowest BCUT2D eigenvalue weighted by Gasteiger charge is -2.15. The number of allylic oxidation sites excluding steroid dienone is 1. The second kappa shape index (κ2) is 5.52. The van der Waals surface area contributed by atoms with Crippen LogP contribution in [0.5, 0.6) is 0 Å². The van der Waals surface area contributed by atoms with E-state index in [2.05, 4.69) is 58.4 Å². The smallest absolute Gasteiger partial charge is 0.0422 e. The summed E-state index contributed by atoms with van der Waals surface area (Å²) in [5, 5.41) is 10.0. The molecule has 3 heteroatoms. The number of likely N-dealkylation sites (N-methyl/N-ethyl adjacent to an activating group) is 1. The zero-order valence-electron chi connectivity index (χ0n) is 12.7. The number of hydrogen-bond acceptors (Lipinski definition) is 3. The van der Waals surface area contributed by atoms with E-state index in [0.29, 0.717) is 0 Å². The van der Waals surface area contributed by atoms with E-state index in [1.54, 1.807) is 0 Å². The summed E-state index contributed by atoms with van der Waals surface area (Å²) in [6, 6.07) is 14.9. The molecule has 1 aliphatic rings. The van der Waals surface area contributed by atoms with Gasteiger partial charge in [-0.3, -0.25) is 0 Å². The maximum atomic E-state index is 3.39. The molecular weight excluding hydrogens is 258 g/mol. The van der Waals surface area contributed by atoms with Gasteiger partial charge < -0.3 is 16.0 Å². The van der Waals surface area contributed by atoms with E-state index in [-0.39, 0.29) is 0 Å². The van der Waals surface area contributed by atoms with Gasteiger partial charge in [0.1, 0.15) is 0 Å². The minimum absolute atomic E-state index is 0.932. The average molecular weight is 279 g/mol. The van der Waals surface area contributed by atoms with Crippen molar-refractivity contribution in [3.63, 3.8) is 0 Å². The van der Waals surface area contributed by atoms with Crippen LogP contribution in [0.25, 0.3) is 5.57 Å². The summed E-state index contributed by atoms with van der Waals surface area (Å²) in [5.74, 6) is 0. The van der Waals surface area contributed by atoms with Crippen LogP contribution in [0.3, 0.4) is 0 Å². The molecule has 0 fully saturated rings. The van der Waals surface area contributed by atoms with Crippen LogP contribution in [0.4, 0.5) is 11.4 Å². The van der Waals surface area contributed by atoms with Crippen molar-refractivity contribution in [2.75, 3.05) is 31.8 Å². The summed E-state index contributed by atoms with van der Waals surface area (Å²) in [7, 11) is 5.96. The fourth-order valence-electron chi connectivity index (χ4n) is 3.11. The maximum Gasteiger partial charge on any atom is 0.0422 e. The molecule has 3 N–H and O–H groups in total. The zero-order chi connectivity index (χ0) is 14.8. The molecule has 108 valence electrons.